The summed E-state index contributed by atoms with van der Waals surface area (Å²) in [5.41, 5.74) is 0.700. The van der Waals surface area contributed by atoms with Gasteiger partial charge < -0.3 is 4.74 Å². The van der Waals surface area contributed by atoms with Crippen molar-refractivity contribution in [1.29, 1.82) is 0 Å². The summed E-state index contributed by atoms with van der Waals surface area (Å²) in [5.74, 6) is 0. The highest BCUT2D eigenvalue weighted by atomic mass is 32.1. The van der Waals surface area contributed by atoms with Gasteiger partial charge in [0.05, 0.1) is 17.2 Å². The molecule has 0 saturated heterocycles. The Morgan fingerprint density at radius 1 is 1.50 bits per heavy atom. The molecule has 1 aliphatic rings. The summed E-state index contributed by atoms with van der Waals surface area (Å²) in [6.45, 7) is 10.3. The minimum Gasteiger partial charge on any atom is -0.444 e. The summed E-state index contributed by atoms with van der Waals surface area (Å²) in [6, 6.07) is 0.147. The van der Waals surface area contributed by atoms with Crippen LogP contribution in [0, 0.1) is 6.92 Å². The molecule has 0 spiro atoms. The van der Waals surface area contributed by atoms with Crippen molar-refractivity contribution in [3.05, 3.63) is 15.6 Å². The van der Waals surface area contributed by atoms with Gasteiger partial charge in [0.25, 0.3) is 0 Å². The second kappa shape index (κ2) is 4.53. The molecule has 2 rings (SSSR count). The molecule has 1 aliphatic heterocycles. The lowest BCUT2D eigenvalue weighted by Crippen LogP contribution is -2.44. The predicted molar refractivity (Wildman–Crippen MR) is 71.8 cm³/mol. The number of carbonyl (C=O) groups excluding carboxylic acids is 1. The molecular weight excluding hydrogens is 248 g/mol. The molecule has 0 aliphatic carbocycles. The van der Waals surface area contributed by atoms with E-state index in [4.69, 9.17) is 4.74 Å². The average Bonchev–Trinajstić information content (AvgIpc) is 2.53. The van der Waals surface area contributed by atoms with Crippen LogP contribution >= 0.6 is 11.3 Å². The van der Waals surface area contributed by atoms with Gasteiger partial charge in [-0.3, -0.25) is 4.90 Å². The molecule has 4 nitrogen and oxygen atoms in total. The molecule has 1 aromatic rings. The van der Waals surface area contributed by atoms with Gasteiger partial charge in [-0.2, -0.15) is 0 Å². The third-order valence-corrected chi connectivity index (χ3v) is 3.85. The van der Waals surface area contributed by atoms with E-state index in [-0.39, 0.29) is 12.1 Å². The maximum absolute atomic E-state index is 12.1. The molecule has 0 radical (unpaired) electrons. The summed E-state index contributed by atoms with van der Waals surface area (Å²) < 4.78 is 5.44. The first-order valence-corrected chi connectivity index (χ1v) is 7.03. The van der Waals surface area contributed by atoms with Crippen molar-refractivity contribution in [3.8, 4) is 0 Å². The van der Waals surface area contributed by atoms with Crippen LogP contribution < -0.4 is 0 Å². The Morgan fingerprint density at radius 2 is 2.17 bits per heavy atom. The van der Waals surface area contributed by atoms with Crippen LogP contribution in [0.4, 0.5) is 4.79 Å². The standard InChI is InChI=1S/C13H20N2O2S/c1-8-6-10-11(18-9(2)14-10)7-15(8)12(16)17-13(3,4)5/h8H,6-7H2,1-5H3. The molecule has 2 heterocycles. The average molecular weight is 268 g/mol. The monoisotopic (exact) mass is 268 g/mol. The number of hydrogen-bond acceptors (Lipinski definition) is 4. The van der Waals surface area contributed by atoms with E-state index in [0.717, 1.165) is 17.1 Å². The number of nitrogens with zero attached hydrogens (tertiary/aromatic N) is 2. The lowest BCUT2D eigenvalue weighted by Gasteiger charge is -2.34. The molecule has 1 atom stereocenters. The van der Waals surface area contributed by atoms with Crippen LogP contribution in [0.5, 0.6) is 0 Å². The predicted octanol–water partition coefficient (Wildman–Crippen LogP) is 3.13. The Balaban J connectivity index is 2.14. The van der Waals surface area contributed by atoms with E-state index >= 15 is 0 Å². The smallest absolute Gasteiger partial charge is 0.410 e. The molecule has 5 heteroatoms. The number of aryl methyl sites for hydroxylation is 1. The fourth-order valence-corrected chi connectivity index (χ4v) is 3.02. The number of hydrogen-bond donors (Lipinski definition) is 0. The molecule has 0 N–H and O–H groups in total. The first kappa shape index (κ1) is 13.3. The summed E-state index contributed by atoms with van der Waals surface area (Å²) >= 11 is 1.67. The zero-order chi connectivity index (χ0) is 13.5. The van der Waals surface area contributed by atoms with E-state index in [0.29, 0.717) is 6.54 Å². The van der Waals surface area contributed by atoms with E-state index in [1.807, 2.05) is 34.6 Å². The molecule has 18 heavy (non-hydrogen) atoms. The van der Waals surface area contributed by atoms with Crippen LogP contribution in [0.25, 0.3) is 0 Å². The Kier molecular flexibility index (Phi) is 3.36. The van der Waals surface area contributed by atoms with Gasteiger partial charge in [0, 0.05) is 17.3 Å². The lowest BCUT2D eigenvalue weighted by molar-refractivity contribution is 0.0140. The third kappa shape index (κ3) is 2.83. The first-order valence-electron chi connectivity index (χ1n) is 6.21. The SMILES string of the molecule is Cc1nc2c(s1)CN(C(=O)OC(C)(C)C)C(C)C2. The second-order valence-corrected chi connectivity index (χ2v) is 7.05. The number of thiazole rings is 1. The van der Waals surface area contributed by atoms with Gasteiger partial charge in [0.2, 0.25) is 0 Å². The van der Waals surface area contributed by atoms with Gasteiger partial charge in [-0.25, -0.2) is 9.78 Å². The molecule has 0 aromatic carbocycles. The number of aromatic nitrogens is 1. The number of fused-ring (bicyclic) bond motifs is 1. The van der Waals surface area contributed by atoms with Crippen LogP contribution in [-0.4, -0.2) is 27.6 Å². The number of carbonyl (C=O) groups is 1. The van der Waals surface area contributed by atoms with Crippen molar-refractivity contribution in [1.82, 2.24) is 9.88 Å². The van der Waals surface area contributed by atoms with E-state index in [9.17, 15) is 4.79 Å². The number of ether oxygens (including phenoxy) is 1. The molecule has 0 saturated carbocycles. The Bertz CT molecular complexity index is 462. The van der Waals surface area contributed by atoms with E-state index in [1.54, 1.807) is 16.2 Å². The van der Waals surface area contributed by atoms with Crippen molar-refractivity contribution in [3.63, 3.8) is 0 Å². The van der Waals surface area contributed by atoms with Crippen molar-refractivity contribution >= 4 is 17.4 Å². The minimum atomic E-state index is -0.444. The summed E-state index contributed by atoms with van der Waals surface area (Å²) in [6.07, 6.45) is 0.588. The number of rotatable bonds is 0. The van der Waals surface area contributed by atoms with Gasteiger partial charge in [0.1, 0.15) is 5.60 Å². The van der Waals surface area contributed by atoms with Gasteiger partial charge in [0.15, 0.2) is 0 Å². The van der Waals surface area contributed by atoms with Crippen LogP contribution in [0.15, 0.2) is 0 Å². The van der Waals surface area contributed by atoms with Crippen molar-refractivity contribution in [2.75, 3.05) is 0 Å². The van der Waals surface area contributed by atoms with Gasteiger partial charge in [-0.05, 0) is 34.6 Å². The number of amides is 1. The highest BCUT2D eigenvalue weighted by Gasteiger charge is 2.32. The van der Waals surface area contributed by atoms with Crippen molar-refractivity contribution in [2.45, 2.75) is 59.2 Å². The molecule has 1 amide bonds. The maximum atomic E-state index is 12.1. The van der Waals surface area contributed by atoms with E-state index in [1.165, 1.54) is 4.88 Å². The molecule has 100 valence electrons. The third-order valence-electron chi connectivity index (χ3n) is 2.85. The molecule has 0 fully saturated rings. The van der Waals surface area contributed by atoms with Crippen LogP contribution in [0.3, 0.4) is 0 Å². The normalized spacial score (nSPS) is 19.6. The quantitative estimate of drug-likeness (QED) is 0.726. The second-order valence-electron chi connectivity index (χ2n) is 5.76. The fraction of sp³-hybridized carbons (Fsp3) is 0.692. The van der Waals surface area contributed by atoms with Crippen LogP contribution in [0.2, 0.25) is 0 Å². The van der Waals surface area contributed by atoms with Crippen LogP contribution in [-0.2, 0) is 17.7 Å². The highest BCUT2D eigenvalue weighted by Crippen LogP contribution is 2.28. The molecule has 1 aromatic heterocycles. The molecule has 0 bridgehead atoms. The zero-order valence-corrected chi connectivity index (χ0v) is 12.4. The van der Waals surface area contributed by atoms with Gasteiger partial charge in [-0.15, -0.1) is 11.3 Å². The summed E-state index contributed by atoms with van der Waals surface area (Å²) in [4.78, 5) is 19.6. The molecule has 1 unspecified atom stereocenters. The van der Waals surface area contributed by atoms with E-state index in [2.05, 4.69) is 4.98 Å². The van der Waals surface area contributed by atoms with Crippen molar-refractivity contribution in [2.24, 2.45) is 0 Å². The van der Waals surface area contributed by atoms with Crippen molar-refractivity contribution < 1.29 is 9.53 Å². The highest BCUT2D eigenvalue weighted by molar-refractivity contribution is 7.11. The largest absolute Gasteiger partial charge is 0.444 e. The zero-order valence-electron chi connectivity index (χ0n) is 11.6. The summed E-state index contributed by atoms with van der Waals surface area (Å²) in [5, 5.41) is 1.07. The van der Waals surface area contributed by atoms with Gasteiger partial charge >= 0.3 is 6.09 Å². The maximum Gasteiger partial charge on any atom is 0.410 e. The molecular formula is C13H20N2O2S. The van der Waals surface area contributed by atoms with Gasteiger partial charge in [-0.1, -0.05) is 0 Å². The lowest BCUT2D eigenvalue weighted by atomic mass is 10.1. The Hall–Kier alpha value is -1.10. The van der Waals surface area contributed by atoms with Crippen LogP contribution in [0.1, 0.15) is 43.3 Å². The topological polar surface area (TPSA) is 42.4 Å². The minimum absolute atomic E-state index is 0.147. The Labute approximate surface area is 112 Å². The summed E-state index contributed by atoms with van der Waals surface area (Å²) in [7, 11) is 0. The van der Waals surface area contributed by atoms with E-state index < -0.39 is 5.60 Å². The Morgan fingerprint density at radius 3 is 2.78 bits per heavy atom. The fourth-order valence-electron chi connectivity index (χ4n) is 2.06. The first-order chi connectivity index (χ1) is 8.26.